The molecule has 1 N–H and O–H groups in total. The summed E-state index contributed by atoms with van der Waals surface area (Å²) in [5, 5.41) is 11.9. The number of hydrogen-bond donors (Lipinski definition) is 1. The van der Waals surface area contributed by atoms with Crippen molar-refractivity contribution in [3.63, 3.8) is 0 Å². The van der Waals surface area contributed by atoms with E-state index in [9.17, 15) is 14.9 Å². The summed E-state index contributed by atoms with van der Waals surface area (Å²) in [7, 11) is 0. The van der Waals surface area contributed by atoms with E-state index in [1.165, 1.54) is 19.1 Å². The highest BCUT2D eigenvalue weighted by Gasteiger charge is 2.33. The summed E-state index contributed by atoms with van der Waals surface area (Å²) in [5.41, 5.74) is -0.295. The fraction of sp³-hybridized carbons (Fsp3) is 0.500. The van der Waals surface area contributed by atoms with Crippen molar-refractivity contribution in [2.45, 2.75) is 52.6 Å². The van der Waals surface area contributed by atoms with Gasteiger partial charge in [-0.1, -0.05) is 19.8 Å². The number of carbonyl (C=O) groups is 2. The van der Waals surface area contributed by atoms with Gasteiger partial charge in [0.1, 0.15) is 17.4 Å². The van der Waals surface area contributed by atoms with Gasteiger partial charge in [0.15, 0.2) is 0 Å². The first-order valence-corrected chi connectivity index (χ1v) is 8.04. The van der Waals surface area contributed by atoms with Crippen LogP contribution in [0.25, 0.3) is 0 Å². The number of nitrogens with one attached hydrogen (secondary N) is 1. The third-order valence-electron chi connectivity index (χ3n) is 3.56. The van der Waals surface area contributed by atoms with Crippen LogP contribution in [0.5, 0.6) is 5.75 Å². The maximum atomic E-state index is 12.6. The molecule has 0 aliphatic carbocycles. The van der Waals surface area contributed by atoms with E-state index < -0.39 is 11.6 Å². The van der Waals surface area contributed by atoms with Crippen molar-refractivity contribution >= 4 is 17.6 Å². The maximum Gasteiger partial charge on any atom is 0.308 e. The van der Waals surface area contributed by atoms with Crippen LogP contribution in [0.2, 0.25) is 0 Å². The monoisotopic (exact) mass is 332 g/mol. The lowest BCUT2D eigenvalue weighted by molar-refractivity contribution is -0.139. The minimum Gasteiger partial charge on any atom is -0.425 e. The van der Waals surface area contributed by atoms with Gasteiger partial charge in [0, 0.05) is 19.2 Å². The Bertz CT molecular complexity index is 636. The molecule has 0 aromatic heterocycles. The van der Waals surface area contributed by atoms with Gasteiger partial charge < -0.3 is 14.8 Å². The molecule has 0 bridgehead atoms. The number of esters is 1. The zero-order valence-electron chi connectivity index (χ0n) is 14.6. The normalized spacial score (nSPS) is 12.8. The van der Waals surface area contributed by atoms with Gasteiger partial charge in [0.05, 0.1) is 5.56 Å². The quantitative estimate of drug-likeness (QED) is 0.582. The maximum absolute atomic E-state index is 12.6. The Labute approximate surface area is 142 Å². The number of hydrogen-bond acceptors (Lipinski definition) is 5. The topological polar surface area (TPSA) is 88.4 Å². The number of nitrogens with zero attached hydrogens (tertiary/aromatic N) is 1. The van der Waals surface area contributed by atoms with Gasteiger partial charge in [0.2, 0.25) is 0 Å². The highest BCUT2D eigenvalue weighted by molar-refractivity contribution is 5.97. The second-order valence-electron chi connectivity index (χ2n) is 5.64. The Morgan fingerprint density at radius 2 is 2.04 bits per heavy atom. The first kappa shape index (κ1) is 19.7. The van der Waals surface area contributed by atoms with Crippen LogP contribution < -0.4 is 10.1 Å². The zero-order chi connectivity index (χ0) is 18.2. The molecular formula is C18H24N2O4. The Hall–Kier alpha value is -2.39. The summed E-state index contributed by atoms with van der Waals surface area (Å²) in [4.78, 5) is 23.6. The lowest BCUT2D eigenvalue weighted by Crippen LogP contribution is -2.42. The van der Waals surface area contributed by atoms with E-state index in [1.54, 1.807) is 13.0 Å². The average molecular weight is 332 g/mol. The Balaban J connectivity index is 2.96. The molecule has 0 aliphatic heterocycles. The van der Waals surface area contributed by atoms with E-state index in [0.717, 1.165) is 12.8 Å². The van der Waals surface area contributed by atoms with Crippen LogP contribution in [0.1, 0.15) is 52.5 Å². The molecule has 6 heteroatoms. The van der Waals surface area contributed by atoms with Gasteiger partial charge in [-0.3, -0.25) is 9.59 Å². The van der Waals surface area contributed by atoms with Crippen LogP contribution in [-0.2, 0) is 14.3 Å². The van der Waals surface area contributed by atoms with E-state index >= 15 is 0 Å². The molecule has 0 heterocycles. The largest absolute Gasteiger partial charge is 0.425 e. The highest BCUT2D eigenvalue weighted by atomic mass is 16.5. The fourth-order valence-corrected chi connectivity index (χ4v) is 2.29. The Kier molecular flexibility index (Phi) is 7.40. The second kappa shape index (κ2) is 9.04. The smallest absolute Gasteiger partial charge is 0.308 e. The first-order valence-electron chi connectivity index (χ1n) is 8.04. The molecule has 0 saturated carbocycles. The summed E-state index contributed by atoms with van der Waals surface area (Å²) < 4.78 is 10.6. The number of unbranched alkanes of at least 4 members (excludes halogenated alkanes) is 1. The molecule has 0 aliphatic rings. The van der Waals surface area contributed by atoms with Gasteiger partial charge in [-0.15, -0.1) is 0 Å². The number of nitriles is 1. The molecule has 1 rings (SSSR count). The zero-order valence-corrected chi connectivity index (χ0v) is 14.6. The Morgan fingerprint density at radius 3 is 2.58 bits per heavy atom. The number of carbonyl (C=O) groups excluding carboxylic acids is 2. The third kappa shape index (κ3) is 5.36. The third-order valence-corrected chi connectivity index (χ3v) is 3.56. The number of benzene rings is 1. The van der Waals surface area contributed by atoms with Crippen LogP contribution in [0.15, 0.2) is 18.2 Å². The molecule has 1 atom stereocenters. The molecule has 0 unspecified atom stereocenters. The summed E-state index contributed by atoms with van der Waals surface area (Å²) >= 11 is 0. The molecule has 0 radical (unpaired) electrons. The van der Waals surface area contributed by atoms with Gasteiger partial charge >= 0.3 is 5.97 Å². The summed E-state index contributed by atoms with van der Waals surface area (Å²) in [6, 6.07) is 6.50. The predicted octanol–water partition coefficient (Wildman–Crippen LogP) is 3.41. The van der Waals surface area contributed by atoms with Crippen molar-refractivity contribution in [2.24, 2.45) is 0 Å². The van der Waals surface area contributed by atoms with E-state index in [4.69, 9.17) is 9.47 Å². The second-order valence-corrected chi connectivity index (χ2v) is 5.64. The minimum absolute atomic E-state index is 0.168. The minimum atomic E-state index is -0.924. The molecule has 1 aromatic rings. The molecule has 24 heavy (non-hydrogen) atoms. The summed E-state index contributed by atoms with van der Waals surface area (Å²) in [6.07, 6.45) is 2.45. The Morgan fingerprint density at radius 1 is 1.33 bits per heavy atom. The van der Waals surface area contributed by atoms with Crippen molar-refractivity contribution in [1.29, 1.82) is 5.26 Å². The predicted molar refractivity (Wildman–Crippen MR) is 90.7 cm³/mol. The molecule has 1 aromatic carbocycles. The van der Waals surface area contributed by atoms with Gasteiger partial charge in [0.25, 0.3) is 5.91 Å². The molecule has 0 saturated heterocycles. The molecule has 1 amide bonds. The number of rotatable bonds is 8. The van der Waals surface area contributed by atoms with E-state index in [0.29, 0.717) is 18.7 Å². The van der Waals surface area contributed by atoms with E-state index in [2.05, 4.69) is 12.2 Å². The average Bonchev–Trinajstić information content (AvgIpc) is 2.54. The molecule has 0 fully saturated rings. The van der Waals surface area contributed by atoms with Crippen LogP contribution in [-0.4, -0.2) is 24.1 Å². The van der Waals surface area contributed by atoms with Crippen molar-refractivity contribution < 1.29 is 19.1 Å². The first-order chi connectivity index (χ1) is 11.4. The SMILES string of the molecule is CCCC[C@@](C)(OCC)C(=O)Nc1ccc(OC(C)=O)c(C#N)c1. The number of ether oxygens (including phenoxy) is 2. The van der Waals surface area contributed by atoms with Crippen LogP contribution in [0.4, 0.5) is 5.69 Å². The summed E-state index contributed by atoms with van der Waals surface area (Å²) in [6.45, 7) is 7.36. The molecule has 0 spiro atoms. The van der Waals surface area contributed by atoms with Crippen molar-refractivity contribution in [1.82, 2.24) is 0 Å². The molecule has 6 nitrogen and oxygen atoms in total. The highest BCUT2D eigenvalue weighted by Crippen LogP contribution is 2.25. The number of anilines is 1. The molecular weight excluding hydrogens is 308 g/mol. The standard InChI is InChI=1S/C18H24N2O4/c1-5-7-10-18(4,23-6-2)17(22)20-15-8-9-16(24-13(3)21)14(11-15)12-19/h8-9,11H,5-7,10H2,1-4H3,(H,20,22)/t18-/m1/s1. The lowest BCUT2D eigenvalue weighted by Gasteiger charge is -2.28. The fourth-order valence-electron chi connectivity index (χ4n) is 2.29. The van der Waals surface area contributed by atoms with E-state index in [-0.39, 0.29) is 17.2 Å². The van der Waals surface area contributed by atoms with Crippen molar-refractivity contribution in [2.75, 3.05) is 11.9 Å². The molecule has 130 valence electrons. The van der Waals surface area contributed by atoms with Crippen LogP contribution in [0, 0.1) is 11.3 Å². The van der Waals surface area contributed by atoms with Crippen LogP contribution in [0.3, 0.4) is 0 Å². The van der Waals surface area contributed by atoms with Crippen LogP contribution >= 0.6 is 0 Å². The summed E-state index contributed by atoms with van der Waals surface area (Å²) in [5.74, 6) is -0.602. The van der Waals surface area contributed by atoms with E-state index in [1.807, 2.05) is 13.0 Å². The van der Waals surface area contributed by atoms with Crippen molar-refractivity contribution in [3.05, 3.63) is 23.8 Å². The lowest BCUT2D eigenvalue weighted by atomic mass is 9.97. The number of amides is 1. The van der Waals surface area contributed by atoms with Gasteiger partial charge in [-0.2, -0.15) is 5.26 Å². The van der Waals surface area contributed by atoms with Gasteiger partial charge in [-0.05, 0) is 38.5 Å². The van der Waals surface area contributed by atoms with Gasteiger partial charge in [-0.25, -0.2) is 0 Å². The van der Waals surface area contributed by atoms with Crippen molar-refractivity contribution in [3.8, 4) is 11.8 Å².